The number of carbonyl (C=O) groups excluding carboxylic acids is 2. The van der Waals surface area contributed by atoms with Crippen LogP contribution in [0.15, 0.2) is 78.9 Å². The summed E-state index contributed by atoms with van der Waals surface area (Å²) in [4.78, 5) is 27.7. The van der Waals surface area contributed by atoms with E-state index in [2.05, 4.69) is 11.4 Å². The van der Waals surface area contributed by atoms with E-state index in [9.17, 15) is 9.59 Å². The molecule has 3 heterocycles. The van der Waals surface area contributed by atoms with E-state index in [4.69, 9.17) is 4.74 Å². The van der Waals surface area contributed by atoms with Crippen molar-refractivity contribution < 1.29 is 14.3 Å². The highest BCUT2D eigenvalue weighted by Crippen LogP contribution is 2.50. The predicted molar refractivity (Wildman–Crippen MR) is 131 cm³/mol. The van der Waals surface area contributed by atoms with E-state index in [0.717, 1.165) is 48.0 Å². The number of aromatic nitrogens is 1. The average molecular weight is 451 g/mol. The van der Waals surface area contributed by atoms with Gasteiger partial charge in [0, 0.05) is 22.2 Å². The van der Waals surface area contributed by atoms with Gasteiger partial charge in [0.25, 0.3) is 5.91 Å². The van der Waals surface area contributed by atoms with Crippen molar-refractivity contribution in [2.24, 2.45) is 0 Å². The highest BCUT2D eigenvalue weighted by Gasteiger charge is 2.48. The van der Waals surface area contributed by atoms with Crippen molar-refractivity contribution in [3.8, 4) is 0 Å². The number of nitrogens with zero attached hydrogens (tertiary/aromatic N) is 1. The Balaban J connectivity index is 1.49. The zero-order valence-electron chi connectivity index (χ0n) is 19.1. The van der Waals surface area contributed by atoms with Crippen molar-refractivity contribution in [3.63, 3.8) is 0 Å². The molecule has 34 heavy (non-hydrogen) atoms. The van der Waals surface area contributed by atoms with Crippen molar-refractivity contribution in [2.45, 2.75) is 31.5 Å². The van der Waals surface area contributed by atoms with E-state index in [1.54, 1.807) is 16.7 Å². The molecule has 1 fully saturated rings. The first kappa shape index (κ1) is 21.0. The van der Waals surface area contributed by atoms with Gasteiger partial charge in [-0.3, -0.25) is 14.2 Å². The minimum absolute atomic E-state index is 0.0869. The second kappa shape index (κ2) is 8.05. The molecule has 5 heteroatoms. The SMILES string of the molecule is Cc1c(C(=O)[C@@H]2OC3(CCNCC3)c3ccccc32)c2ccccc2n1C(=O)c1ccccc1. The molecule has 0 amide bonds. The van der Waals surface area contributed by atoms with Crippen molar-refractivity contribution in [1.82, 2.24) is 9.88 Å². The van der Waals surface area contributed by atoms with Gasteiger partial charge in [0.2, 0.25) is 0 Å². The summed E-state index contributed by atoms with van der Waals surface area (Å²) in [6.07, 6.45) is 0.987. The lowest BCUT2D eigenvalue weighted by atomic mass is 9.83. The fraction of sp³-hybridized carbons (Fsp3) is 0.241. The van der Waals surface area contributed by atoms with Gasteiger partial charge in [-0.15, -0.1) is 0 Å². The molecular formula is C29H26N2O3. The molecular weight excluding hydrogens is 424 g/mol. The lowest BCUT2D eigenvalue weighted by molar-refractivity contribution is -0.0806. The smallest absolute Gasteiger partial charge is 0.262 e. The van der Waals surface area contributed by atoms with Crippen molar-refractivity contribution in [2.75, 3.05) is 13.1 Å². The van der Waals surface area contributed by atoms with Crippen molar-refractivity contribution in [1.29, 1.82) is 0 Å². The molecule has 6 rings (SSSR count). The van der Waals surface area contributed by atoms with Gasteiger partial charge >= 0.3 is 0 Å². The van der Waals surface area contributed by atoms with Crippen LogP contribution >= 0.6 is 0 Å². The first-order valence-electron chi connectivity index (χ1n) is 11.8. The van der Waals surface area contributed by atoms with Crippen molar-refractivity contribution in [3.05, 3.63) is 107 Å². The molecule has 1 N–H and O–H groups in total. The molecule has 0 bridgehead atoms. The first-order chi connectivity index (χ1) is 16.6. The van der Waals surface area contributed by atoms with Crippen LogP contribution in [0, 0.1) is 6.92 Å². The lowest BCUT2D eigenvalue weighted by Gasteiger charge is -2.34. The van der Waals surface area contributed by atoms with Crippen LogP contribution in [-0.4, -0.2) is 29.3 Å². The van der Waals surface area contributed by atoms with Crippen LogP contribution in [0.2, 0.25) is 0 Å². The van der Waals surface area contributed by atoms with E-state index in [-0.39, 0.29) is 11.7 Å². The molecule has 5 nitrogen and oxygen atoms in total. The molecule has 1 saturated heterocycles. The fourth-order valence-electron chi connectivity index (χ4n) is 5.69. The predicted octanol–water partition coefficient (Wildman–Crippen LogP) is 5.17. The van der Waals surface area contributed by atoms with Gasteiger partial charge in [0.05, 0.1) is 11.1 Å². The Kier molecular flexibility index (Phi) is 4.97. The third kappa shape index (κ3) is 3.08. The number of carbonyl (C=O) groups is 2. The standard InChI is InChI=1S/C29H26N2O3/c1-19-25(22-12-6-8-14-24(22)31(19)28(33)20-9-3-2-4-10-20)26(32)27-21-11-5-7-13-23(21)29(34-27)15-17-30-18-16-29/h2-14,27,30H,15-18H2,1H3/t27-/m1/s1. The number of Topliss-reactive ketones (excluding diaryl/α,β-unsaturated/α-hetero) is 1. The summed E-state index contributed by atoms with van der Waals surface area (Å²) in [6.45, 7) is 3.58. The van der Waals surface area contributed by atoms with E-state index in [1.807, 2.05) is 67.6 Å². The summed E-state index contributed by atoms with van der Waals surface area (Å²) in [5.41, 5.74) is 4.16. The maximum atomic E-state index is 14.2. The number of rotatable bonds is 3. The van der Waals surface area contributed by atoms with Crippen LogP contribution in [-0.2, 0) is 10.3 Å². The zero-order valence-corrected chi connectivity index (χ0v) is 19.1. The molecule has 3 aromatic carbocycles. The largest absolute Gasteiger partial charge is 0.354 e. The molecule has 4 aromatic rings. The Labute approximate surface area is 198 Å². The van der Waals surface area contributed by atoms with Crippen LogP contribution in [0.4, 0.5) is 0 Å². The third-order valence-electron chi connectivity index (χ3n) is 7.31. The number of piperidine rings is 1. The summed E-state index contributed by atoms with van der Waals surface area (Å²) in [5.74, 6) is -0.230. The quantitative estimate of drug-likeness (QED) is 0.438. The number of hydrogen-bond donors (Lipinski definition) is 1. The van der Waals surface area contributed by atoms with Gasteiger partial charge in [-0.25, -0.2) is 0 Å². The molecule has 1 spiro atoms. The van der Waals surface area contributed by atoms with Gasteiger partial charge in [-0.2, -0.15) is 0 Å². The van der Waals surface area contributed by atoms with Gasteiger partial charge in [0.15, 0.2) is 5.78 Å². The van der Waals surface area contributed by atoms with Crippen LogP contribution < -0.4 is 5.32 Å². The number of para-hydroxylation sites is 1. The molecule has 0 saturated carbocycles. The van der Waals surface area contributed by atoms with Gasteiger partial charge < -0.3 is 10.1 Å². The maximum Gasteiger partial charge on any atom is 0.262 e. The van der Waals surface area contributed by atoms with Crippen LogP contribution in [0.5, 0.6) is 0 Å². The number of hydrogen-bond acceptors (Lipinski definition) is 4. The monoisotopic (exact) mass is 450 g/mol. The summed E-state index contributed by atoms with van der Waals surface area (Å²) in [6, 6.07) is 24.9. The fourth-order valence-corrected chi connectivity index (χ4v) is 5.69. The second-order valence-electron chi connectivity index (χ2n) is 9.18. The zero-order chi connectivity index (χ0) is 23.3. The second-order valence-corrected chi connectivity index (χ2v) is 9.18. The molecule has 0 unspecified atom stereocenters. The van der Waals surface area contributed by atoms with E-state index < -0.39 is 11.7 Å². The highest BCUT2D eigenvalue weighted by atomic mass is 16.5. The van der Waals surface area contributed by atoms with Gasteiger partial charge in [-0.1, -0.05) is 60.7 Å². The molecule has 2 aliphatic rings. The molecule has 1 aromatic heterocycles. The highest BCUT2D eigenvalue weighted by molar-refractivity contribution is 6.15. The molecule has 0 radical (unpaired) electrons. The van der Waals surface area contributed by atoms with Crippen LogP contribution in [0.25, 0.3) is 10.9 Å². The number of ether oxygens (including phenoxy) is 1. The lowest BCUT2D eigenvalue weighted by Crippen LogP contribution is -2.40. The van der Waals surface area contributed by atoms with Crippen molar-refractivity contribution >= 4 is 22.6 Å². The first-order valence-corrected chi connectivity index (χ1v) is 11.8. The Hall–Kier alpha value is -3.54. The summed E-state index contributed by atoms with van der Waals surface area (Å²) >= 11 is 0. The maximum absolute atomic E-state index is 14.2. The normalized spacial score (nSPS) is 18.8. The topological polar surface area (TPSA) is 60.3 Å². The van der Waals surface area contributed by atoms with E-state index >= 15 is 0 Å². The van der Waals surface area contributed by atoms with Gasteiger partial charge in [-0.05, 0) is 62.2 Å². The molecule has 2 aliphatic heterocycles. The average Bonchev–Trinajstić information content (AvgIpc) is 3.36. The number of benzene rings is 3. The summed E-state index contributed by atoms with van der Waals surface area (Å²) in [5, 5.41) is 4.18. The summed E-state index contributed by atoms with van der Waals surface area (Å²) < 4.78 is 8.32. The Morgan fingerprint density at radius 3 is 2.38 bits per heavy atom. The Morgan fingerprint density at radius 2 is 1.59 bits per heavy atom. The minimum Gasteiger partial charge on any atom is -0.354 e. The Morgan fingerprint density at radius 1 is 0.912 bits per heavy atom. The third-order valence-corrected chi connectivity index (χ3v) is 7.31. The molecule has 0 aliphatic carbocycles. The number of nitrogens with one attached hydrogen (secondary N) is 1. The Bertz CT molecular complexity index is 1410. The number of fused-ring (bicyclic) bond motifs is 3. The minimum atomic E-state index is -0.681. The molecule has 170 valence electrons. The number of ketones is 1. The molecule has 1 atom stereocenters. The van der Waals surface area contributed by atoms with E-state index in [0.29, 0.717) is 16.8 Å². The van der Waals surface area contributed by atoms with Crippen LogP contribution in [0.1, 0.15) is 56.5 Å². The van der Waals surface area contributed by atoms with Gasteiger partial charge in [0.1, 0.15) is 6.10 Å². The van der Waals surface area contributed by atoms with Crippen LogP contribution in [0.3, 0.4) is 0 Å². The van der Waals surface area contributed by atoms with E-state index in [1.165, 1.54) is 0 Å². The summed E-state index contributed by atoms with van der Waals surface area (Å²) in [7, 11) is 0.